The molecule has 0 spiro atoms. The van der Waals surface area contributed by atoms with Crippen LogP contribution >= 0.6 is 0 Å². The maximum atomic E-state index is 5.59. The fourth-order valence-corrected chi connectivity index (χ4v) is 1.36. The second-order valence-corrected chi connectivity index (χ2v) is 3.77. The lowest BCUT2D eigenvalue weighted by Gasteiger charge is -2.06. The summed E-state index contributed by atoms with van der Waals surface area (Å²) < 4.78 is 5.59. The maximum absolute atomic E-state index is 5.59. The normalized spacial score (nSPS) is 10.1. The highest BCUT2D eigenvalue weighted by Crippen LogP contribution is 2.12. The maximum Gasteiger partial charge on any atom is 0.119 e. The minimum atomic E-state index is 0.810. The molecule has 0 aliphatic heterocycles. The third kappa shape index (κ3) is 4.99. The molecule has 1 aromatic carbocycles. The molecular formula is C14H21NO. The van der Waals surface area contributed by atoms with Gasteiger partial charge in [-0.2, -0.15) is 0 Å². The van der Waals surface area contributed by atoms with Crippen molar-refractivity contribution in [2.75, 3.05) is 13.2 Å². The Kier molecular flexibility index (Phi) is 6.35. The molecule has 1 rings (SSSR count). The van der Waals surface area contributed by atoms with Crippen molar-refractivity contribution in [3.63, 3.8) is 0 Å². The lowest BCUT2D eigenvalue weighted by molar-refractivity contribution is 0.309. The second kappa shape index (κ2) is 7.94. The highest BCUT2D eigenvalue weighted by Gasteiger charge is 1.94. The first-order valence-corrected chi connectivity index (χ1v) is 5.90. The van der Waals surface area contributed by atoms with Gasteiger partial charge in [-0.25, -0.2) is 0 Å². The average Bonchev–Trinajstić information content (AvgIpc) is 2.32. The first-order valence-electron chi connectivity index (χ1n) is 5.90. The molecule has 0 saturated carbocycles. The van der Waals surface area contributed by atoms with Crippen LogP contribution in [0, 0.1) is 0 Å². The molecule has 1 aromatic rings. The van der Waals surface area contributed by atoms with Crippen LogP contribution in [-0.4, -0.2) is 13.2 Å². The van der Waals surface area contributed by atoms with Gasteiger partial charge >= 0.3 is 0 Å². The Labute approximate surface area is 98.3 Å². The minimum absolute atomic E-state index is 0.810. The molecule has 2 heteroatoms. The zero-order chi connectivity index (χ0) is 11.6. The molecule has 0 aliphatic rings. The van der Waals surface area contributed by atoms with Crippen molar-refractivity contribution in [2.45, 2.75) is 26.3 Å². The minimum Gasteiger partial charge on any atom is -0.494 e. The van der Waals surface area contributed by atoms with Crippen LogP contribution in [0.4, 0.5) is 0 Å². The highest BCUT2D eigenvalue weighted by atomic mass is 16.5. The summed E-state index contributed by atoms with van der Waals surface area (Å²) in [5, 5.41) is 3.26. The zero-order valence-electron chi connectivity index (χ0n) is 10.0. The predicted octanol–water partition coefficient (Wildman–Crippen LogP) is 3.14. The monoisotopic (exact) mass is 219 g/mol. The van der Waals surface area contributed by atoms with Crippen LogP contribution in [-0.2, 0) is 6.54 Å². The van der Waals surface area contributed by atoms with E-state index in [1.807, 2.05) is 18.2 Å². The average molecular weight is 219 g/mol. The van der Waals surface area contributed by atoms with Gasteiger partial charge in [-0.3, -0.25) is 0 Å². The van der Waals surface area contributed by atoms with Crippen LogP contribution in [0.15, 0.2) is 36.9 Å². The molecule has 0 atom stereocenters. The van der Waals surface area contributed by atoms with Crippen molar-refractivity contribution in [1.82, 2.24) is 5.32 Å². The molecule has 0 amide bonds. The van der Waals surface area contributed by atoms with E-state index in [1.165, 1.54) is 12.0 Å². The van der Waals surface area contributed by atoms with Gasteiger partial charge in [0.2, 0.25) is 0 Å². The number of hydrogen-bond acceptors (Lipinski definition) is 2. The van der Waals surface area contributed by atoms with E-state index in [2.05, 4.69) is 31.0 Å². The fraction of sp³-hybridized carbons (Fsp3) is 0.429. The third-order valence-electron chi connectivity index (χ3n) is 2.31. The van der Waals surface area contributed by atoms with Crippen LogP contribution in [0.5, 0.6) is 5.75 Å². The van der Waals surface area contributed by atoms with Gasteiger partial charge in [-0.05, 0) is 24.1 Å². The van der Waals surface area contributed by atoms with Crippen LogP contribution in [0.3, 0.4) is 0 Å². The fourth-order valence-electron chi connectivity index (χ4n) is 1.36. The topological polar surface area (TPSA) is 21.3 Å². The van der Waals surface area contributed by atoms with Gasteiger partial charge in [0.1, 0.15) is 5.75 Å². The number of unbranched alkanes of at least 4 members (excludes halogenated alkanes) is 1. The summed E-state index contributed by atoms with van der Waals surface area (Å²) in [6.45, 7) is 8.36. The van der Waals surface area contributed by atoms with Crippen molar-refractivity contribution in [2.24, 2.45) is 0 Å². The summed E-state index contributed by atoms with van der Waals surface area (Å²) in [6, 6.07) is 8.25. The molecule has 0 heterocycles. The van der Waals surface area contributed by atoms with Crippen LogP contribution in [0.25, 0.3) is 0 Å². The summed E-state index contributed by atoms with van der Waals surface area (Å²) >= 11 is 0. The van der Waals surface area contributed by atoms with E-state index >= 15 is 0 Å². The van der Waals surface area contributed by atoms with Gasteiger partial charge < -0.3 is 10.1 Å². The lowest BCUT2D eigenvalue weighted by Crippen LogP contribution is -2.12. The van der Waals surface area contributed by atoms with Crippen molar-refractivity contribution in [3.8, 4) is 5.75 Å². The molecule has 0 bridgehead atoms. The smallest absolute Gasteiger partial charge is 0.119 e. The standard InChI is InChI=1S/C14H21NO/c1-3-5-11-16-14-8-6-13(7-9-14)12-15-10-4-2/h4,6-9,15H,2-3,5,10-12H2,1H3. The van der Waals surface area contributed by atoms with E-state index in [4.69, 9.17) is 4.74 Å². The van der Waals surface area contributed by atoms with Gasteiger partial charge in [0.25, 0.3) is 0 Å². The van der Waals surface area contributed by atoms with Crippen LogP contribution < -0.4 is 10.1 Å². The molecule has 0 fully saturated rings. The Morgan fingerprint density at radius 2 is 2.06 bits per heavy atom. The van der Waals surface area contributed by atoms with Crippen molar-refractivity contribution in [3.05, 3.63) is 42.5 Å². The van der Waals surface area contributed by atoms with Crippen molar-refractivity contribution in [1.29, 1.82) is 0 Å². The lowest BCUT2D eigenvalue weighted by atomic mass is 10.2. The Morgan fingerprint density at radius 1 is 1.31 bits per heavy atom. The number of ether oxygens (including phenoxy) is 1. The van der Waals surface area contributed by atoms with E-state index in [0.717, 1.165) is 31.9 Å². The summed E-state index contributed by atoms with van der Waals surface area (Å²) in [5.74, 6) is 0.959. The Hall–Kier alpha value is -1.28. The van der Waals surface area contributed by atoms with Gasteiger partial charge in [-0.1, -0.05) is 31.6 Å². The first kappa shape index (κ1) is 12.8. The third-order valence-corrected chi connectivity index (χ3v) is 2.31. The predicted molar refractivity (Wildman–Crippen MR) is 68.7 cm³/mol. The summed E-state index contributed by atoms with van der Waals surface area (Å²) in [6.07, 6.45) is 4.15. The number of rotatable bonds is 8. The Bertz CT molecular complexity index is 292. The zero-order valence-corrected chi connectivity index (χ0v) is 10.0. The van der Waals surface area contributed by atoms with Gasteiger partial charge in [0, 0.05) is 13.1 Å². The van der Waals surface area contributed by atoms with E-state index < -0.39 is 0 Å². The molecule has 0 aliphatic carbocycles. The molecule has 0 radical (unpaired) electrons. The van der Waals surface area contributed by atoms with Crippen molar-refractivity contribution < 1.29 is 4.74 Å². The largest absolute Gasteiger partial charge is 0.494 e. The van der Waals surface area contributed by atoms with Gasteiger partial charge in [-0.15, -0.1) is 6.58 Å². The molecule has 2 nitrogen and oxygen atoms in total. The van der Waals surface area contributed by atoms with Gasteiger partial charge in [0.05, 0.1) is 6.61 Å². The Balaban J connectivity index is 2.32. The summed E-state index contributed by atoms with van der Waals surface area (Å²) in [5.41, 5.74) is 1.27. The highest BCUT2D eigenvalue weighted by molar-refractivity contribution is 5.27. The quantitative estimate of drug-likeness (QED) is 0.535. The van der Waals surface area contributed by atoms with Crippen LogP contribution in [0.2, 0.25) is 0 Å². The molecule has 0 saturated heterocycles. The van der Waals surface area contributed by atoms with Crippen LogP contribution in [0.1, 0.15) is 25.3 Å². The van der Waals surface area contributed by atoms with E-state index in [1.54, 1.807) is 0 Å². The molecule has 88 valence electrons. The van der Waals surface area contributed by atoms with E-state index in [9.17, 15) is 0 Å². The molecule has 0 aromatic heterocycles. The number of benzene rings is 1. The van der Waals surface area contributed by atoms with E-state index in [-0.39, 0.29) is 0 Å². The van der Waals surface area contributed by atoms with Crippen molar-refractivity contribution >= 4 is 0 Å². The first-order chi connectivity index (χ1) is 7.86. The second-order valence-electron chi connectivity index (χ2n) is 3.77. The SMILES string of the molecule is C=CCNCc1ccc(OCCCC)cc1. The Morgan fingerprint density at radius 3 is 2.69 bits per heavy atom. The molecule has 0 unspecified atom stereocenters. The van der Waals surface area contributed by atoms with Gasteiger partial charge in [0.15, 0.2) is 0 Å². The molecule has 1 N–H and O–H groups in total. The number of hydrogen-bond donors (Lipinski definition) is 1. The van der Waals surface area contributed by atoms with E-state index in [0.29, 0.717) is 0 Å². The molecule has 16 heavy (non-hydrogen) atoms. The molecular weight excluding hydrogens is 198 g/mol. The summed E-state index contributed by atoms with van der Waals surface area (Å²) in [4.78, 5) is 0. The summed E-state index contributed by atoms with van der Waals surface area (Å²) in [7, 11) is 0. The number of nitrogens with one attached hydrogen (secondary N) is 1.